The quantitative estimate of drug-likeness (QED) is 0.606. The Hall–Kier alpha value is -3.67. The van der Waals surface area contributed by atoms with Crippen LogP contribution < -0.4 is 10.5 Å². The molecule has 1 amide bonds. The highest BCUT2D eigenvalue weighted by molar-refractivity contribution is 5.95. The normalized spacial score (nSPS) is 10.8. The first kappa shape index (κ1) is 15.8. The van der Waals surface area contributed by atoms with Crippen LogP contribution in [0.2, 0.25) is 0 Å². The first-order valence-electron chi connectivity index (χ1n) is 7.92. The number of aromatic nitrogens is 2. The molecule has 5 nitrogen and oxygen atoms in total. The smallest absolute Gasteiger partial charge is 0.248 e. The van der Waals surface area contributed by atoms with Gasteiger partial charge in [-0.15, -0.1) is 0 Å². The Morgan fingerprint density at radius 3 is 2.69 bits per heavy atom. The van der Waals surface area contributed by atoms with Gasteiger partial charge in [-0.2, -0.15) is 5.10 Å². The molecule has 6 heteroatoms. The van der Waals surface area contributed by atoms with E-state index in [2.05, 4.69) is 5.10 Å². The molecular weight excluding hydrogens is 333 g/mol. The first-order valence-corrected chi connectivity index (χ1v) is 7.92. The highest BCUT2D eigenvalue weighted by Gasteiger charge is 2.14. The van der Waals surface area contributed by atoms with Gasteiger partial charge in [-0.3, -0.25) is 4.79 Å². The highest BCUT2D eigenvalue weighted by Crippen LogP contribution is 2.35. The Kier molecular flexibility index (Phi) is 3.85. The summed E-state index contributed by atoms with van der Waals surface area (Å²) < 4.78 is 21.4. The van der Waals surface area contributed by atoms with Gasteiger partial charge in [0.25, 0.3) is 0 Å². The van der Waals surface area contributed by atoms with Crippen LogP contribution in [0.5, 0.6) is 11.5 Å². The first-order chi connectivity index (χ1) is 12.6. The summed E-state index contributed by atoms with van der Waals surface area (Å²) in [5.74, 6) is -0.379. The Morgan fingerprint density at radius 1 is 1.04 bits per heavy atom. The summed E-state index contributed by atoms with van der Waals surface area (Å²) in [7, 11) is 0. The van der Waals surface area contributed by atoms with Gasteiger partial charge in [0.05, 0.1) is 6.20 Å². The number of carbonyl (C=O) groups excluding carboxylic acids is 1. The van der Waals surface area contributed by atoms with Crippen LogP contribution in [-0.4, -0.2) is 15.5 Å². The number of primary amides is 1. The minimum Gasteiger partial charge on any atom is -0.452 e. The lowest BCUT2D eigenvalue weighted by Gasteiger charge is -2.10. The molecule has 4 rings (SSSR count). The average molecular weight is 347 g/mol. The van der Waals surface area contributed by atoms with Gasteiger partial charge in [0.15, 0.2) is 17.3 Å². The van der Waals surface area contributed by atoms with E-state index in [9.17, 15) is 9.18 Å². The summed E-state index contributed by atoms with van der Waals surface area (Å²) in [6, 6.07) is 16.7. The third-order valence-corrected chi connectivity index (χ3v) is 4.03. The van der Waals surface area contributed by atoms with Crippen molar-refractivity contribution in [1.29, 1.82) is 0 Å². The van der Waals surface area contributed by atoms with Gasteiger partial charge in [0.1, 0.15) is 5.52 Å². The van der Waals surface area contributed by atoms with Gasteiger partial charge < -0.3 is 10.5 Å². The SMILES string of the molecule is NC(=O)c1cccc(-c2ccn3nccc(Oc4ccccc4F)c23)c1. The van der Waals surface area contributed by atoms with Crippen LogP contribution in [0, 0.1) is 5.82 Å². The number of nitrogens with zero attached hydrogens (tertiary/aromatic N) is 2. The zero-order chi connectivity index (χ0) is 18.1. The predicted molar refractivity (Wildman–Crippen MR) is 95.6 cm³/mol. The average Bonchev–Trinajstić information content (AvgIpc) is 3.09. The Bertz CT molecular complexity index is 1120. The molecule has 2 aromatic heterocycles. The van der Waals surface area contributed by atoms with Gasteiger partial charge in [-0.25, -0.2) is 8.91 Å². The van der Waals surface area contributed by atoms with Crippen LogP contribution >= 0.6 is 0 Å². The van der Waals surface area contributed by atoms with Crippen molar-refractivity contribution in [2.45, 2.75) is 0 Å². The number of fused-ring (bicyclic) bond motifs is 1. The molecule has 0 spiro atoms. The summed E-state index contributed by atoms with van der Waals surface area (Å²) in [6.07, 6.45) is 3.35. The van der Waals surface area contributed by atoms with Crippen LogP contribution in [-0.2, 0) is 0 Å². The fourth-order valence-corrected chi connectivity index (χ4v) is 2.82. The molecule has 26 heavy (non-hydrogen) atoms. The van der Waals surface area contributed by atoms with Gasteiger partial charge in [0.2, 0.25) is 5.91 Å². The van der Waals surface area contributed by atoms with Crippen molar-refractivity contribution in [1.82, 2.24) is 9.61 Å². The minimum absolute atomic E-state index is 0.124. The Labute approximate surface area is 148 Å². The maximum Gasteiger partial charge on any atom is 0.248 e. The van der Waals surface area contributed by atoms with E-state index in [4.69, 9.17) is 10.5 Å². The lowest BCUT2D eigenvalue weighted by Crippen LogP contribution is -2.10. The second-order valence-electron chi connectivity index (χ2n) is 5.70. The summed E-state index contributed by atoms with van der Waals surface area (Å²) in [6.45, 7) is 0. The molecule has 0 unspecified atom stereocenters. The van der Waals surface area contributed by atoms with Crippen molar-refractivity contribution in [2.75, 3.05) is 0 Å². The molecule has 0 saturated heterocycles. The molecule has 2 heterocycles. The fourth-order valence-electron chi connectivity index (χ4n) is 2.82. The molecule has 0 aliphatic carbocycles. The van der Waals surface area contributed by atoms with Crippen LogP contribution in [0.1, 0.15) is 10.4 Å². The van der Waals surface area contributed by atoms with Crippen molar-refractivity contribution in [2.24, 2.45) is 5.73 Å². The molecule has 0 atom stereocenters. The number of carbonyl (C=O) groups is 1. The van der Waals surface area contributed by atoms with Crippen molar-refractivity contribution in [3.05, 3.63) is 84.4 Å². The van der Waals surface area contributed by atoms with Gasteiger partial charge in [-0.05, 0) is 35.9 Å². The molecule has 4 aromatic rings. The summed E-state index contributed by atoms with van der Waals surface area (Å²) in [5.41, 5.74) is 8.03. The molecule has 0 radical (unpaired) electrons. The fraction of sp³-hybridized carbons (Fsp3) is 0. The van der Waals surface area contributed by atoms with Crippen LogP contribution in [0.4, 0.5) is 4.39 Å². The van der Waals surface area contributed by atoms with E-state index in [0.717, 1.165) is 11.1 Å². The standard InChI is InChI=1S/C20H14FN3O2/c21-16-6-1-2-7-17(16)26-18-8-10-23-24-11-9-15(19(18)24)13-4-3-5-14(12-13)20(22)25/h1-12H,(H2,22,25). The van der Waals surface area contributed by atoms with E-state index in [-0.39, 0.29) is 5.75 Å². The van der Waals surface area contributed by atoms with E-state index < -0.39 is 11.7 Å². The predicted octanol–water partition coefficient (Wildman–Crippen LogP) is 4.03. The zero-order valence-corrected chi connectivity index (χ0v) is 13.6. The molecule has 0 aliphatic rings. The van der Waals surface area contributed by atoms with Crippen LogP contribution in [0.3, 0.4) is 0 Å². The number of hydrogen-bond acceptors (Lipinski definition) is 3. The molecular formula is C20H14FN3O2. The van der Waals surface area contributed by atoms with E-state index in [0.29, 0.717) is 16.8 Å². The van der Waals surface area contributed by atoms with Crippen molar-refractivity contribution < 1.29 is 13.9 Å². The number of benzene rings is 2. The second-order valence-corrected chi connectivity index (χ2v) is 5.70. The molecule has 0 saturated carbocycles. The molecule has 2 N–H and O–H groups in total. The zero-order valence-electron chi connectivity index (χ0n) is 13.6. The number of para-hydroxylation sites is 1. The maximum absolute atomic E-state index is 14.0. The third kappa shape index (κ3) is 2.77. The number of nitrogens with two attached hydrogens (primary N) is 1. The van der Waals surface area contributed by atoms with Gasteiger partial charge in [0, 0.05) is 23.4 Å². The molecule has 128 valence electrons. The molecule has 0 fully saturated rings. The van der Waals surface area contributed by atoms with Crippen molar-refractivity contribution in [3.8, 4) is 22.6 Å². The van der Waals surface area contributed by atoms with Gasteiger partial charge in [-0.1, -0.05) is 24.3 Å². The topological polar surface area (TPSA) is 69.6 Å². The Morgan fingerprint density at radius 2 is 1.88 bits per heavy atom. The molecule has 0 bridgehead atoms. The number of amides is 1. The third-order valence-electron chi connectivity index (χ3n) is 4.03. The largest absolute Gasteiger partial charge is 0.452 e. The van der Waals surface area contributed by atoms with Gasteiger partial charge >= 0.3 is 0 Å². The number of halogens is 1. The van der Waals surface area contributed by atoms with E-state index in [1.165, 1.54) is 6.07 Å². The monoisotopic (exact) mass is 347 g/mol. The van der Waals surface area contributed by atoms with E-state index in [1.807, 2.05) is 12.1 Å². The summed E-state index contributed by atoms with van der Waals surface area (Å²) in [5, 5.41) is 4.26. The minimum atomic E-state index is -0.503. The summed E-state index contributed by atoms with van der Waals surface area (Å²) in [4.78, 5) is 11.5. The summed E-state index contributed by atoms with van der Waals surface area (Å²) >= 11 is 0. The second kappa shape index (κ2) is 6.33. The van der Waals surface area contributed by atoms with Crippen LogP contribution in [0.25, 0.3) is 16.6 Å². The van der Waals surface area contributed by atoms with Crippen molar-refractivity contribution in [3.63, 3.8) is 0 Å². The van der Waals surface area contributed by atoms with Crippen molar-refractivity contribution >= 4 is 11.4 Å². The molecule has 2 aromatic carbocycles. The van der Waals surface area contributed by atoms with Crippen LogP contribution in [0.15, 0.2) is 73.1 Å². The molecule has 0 aliphatic heterocycles. The maximum atomic E-state index is 14.0. The lowest BCUT2D eigenvalue weighted by molar-refractivity contribution is 0.100. The number of ether oxygens (including phenoxy) is 1. The number of hydrogen-bond donors (Lipinski definition) is 1. The van der Waals surface area contributed by atoms with E-state index >= 15 is 0 Å². The lowest BCUT2D eigenvalue weighted by atomic mass is 10.0. The van der Waals surface area contributed by atoms with E-state index in [1.54, 1.807) is 59.4 Å². The Balaban J connectivity index is 1.86. The number of rotatable bonds is 4. The highest BCUT2D eigenvalue weighted by atomic mass is 19.1.